The molecule has 2 aromatic rings. The van der Waals surface area contributed by atoms with Crippen LogP contribution in [0, 0.1) is 11.3 Å². The Morgan fingerprint density at radius 3 is 2.69 bits per heavy atom. The van der Waals surface area contributed by atoms with E-state index in [0.29, 0.717) is 23.4 Å². The van der Waals surface area contributed by atoms with E-state index in [0.717, 1.165) is 4.90 Å². The molecule has 0 radical (unpaired) electrons. The summed E-state index contributed by atoms with van der Waals surface area (Å²) < 4.78 is 25.3. The predicted molar refractivity (Wildman–Crippen MR) is 111 cm³/mol. The molecule has 0 aromatic heterocycles. The molecular weight excluding hydrogens is 410 g/mol. The summed E-state index contributed by atoms with van der Waals surface area (Å²) >= 11 is 1.52. The molecule has 7 nitrogen and oxygen atoms in total. The van der Waals surface area contributed by atoms with E-state index >= 15 is 0 Å². The van der Waals surface area contributed by atoms with Crippen LogP contribution < -0.4 is 10.6 Å². The fraction of sp³-hybridized carbons (Fsp3) is 0.250. The van der Waals surface area contributed by atoms with Crippen molar-refractivity contribution in [3.8, 4) is 6.07 Å². The fourth-order valence-electron chi connectivity index (χ4n) is 2.82. The number of rotatable bonds is 5. The Bertz CT molecular complexity index is 1090. The molecule has 1 aliphatic rings. The molecule has 1 heterocycles. The van der Waals surface area contributed by atoms with E-state index in [9.17, 15) is 18.0 Å². The molecule has 0 fully saturated rings. The minimum absolute atomic E-state index is 0.0675. The van der Waals surface area contributed by atoms with Gasteiger partial charge in [-0.2, -0.15) is 5.26 Å². The Balaban J connectivity index is 1.67. The van der Waals surface area contributed by atoms with Crippen molar-refractivity contribution < 1.29 is 18.0 Å². The Morgan fingerprint density at radius 2 is 2.00 bits per heavy atom. The maximum Gasteiger partial charge on any atom is 0.225 e. The third-order valence-corrected chi connectivity index (χ3v) is 7.17. The Labute approximate surface area is 173 Å². The largest absolute Gasteiger partial charge is 0.326 e. The van der Waals surface area contributed by atoms with Crippen LogP contribution in [-0.4, -0.2) is 31.2 Å². The van der Waals surface area contributed by atoms with Gasteiger partial charge in [-0.15, -0.1) is 11.8 Å². The number of nitrogens with zero attached hydrogens (tertiary/aromatic N) is 1. The number of sulfone groups is 1. The number of amides is 2. The molecule has 1 aliphatic heterocycles. The molecule has 0 aliphatic carbocycles. The second-order valence-electron chi connectivity index (χ2n) is 6.64. The molecule has 0 saturated carbocycles. The Hall–Kier alpha value is -2.83. The lowest BCUT2D eigenvalue weighted by atomic mass is 10.2. The van der Waals surface area contributed by atoms with E-state index in [1.54, 1.807) is 30.3 Å². The number of hydrogen-bond donors (Lipinski definition) is 2. The number of carbonyl (C=O) groups excluding carboxylic acids is 2. The summed E-state index contributed by atoms with van der Waals surface area (Å²) in [6.45, 7) is 1.94. The van der Waals surface area contributed by atoms with Crippen LogP contribution in [0.2, 0.25) is 0 Å². The van der Waals surface area contributed by atoms with Crippen LogP contribution in [0.5, 0.6) is 0 Å². The number of thioether (sulfide) groups is 1. The summed E-state index contributed by atoms with van der Waals surface area (Å²) in [5, 5.41) is 14.2. The number of hydrogen-bond acceptors (Lipinski definition) is 6. The van der Waals surface area contributed by atoms with Crippen LogP contribution >= 0.6 is 11.8 Å². The van der Waals surface area contributed by atoms with Gasteiger partial charge in [-0.3, -0.25) is 9.59 Å². The normalized spacial score (nSPS) is 16.1. The zero-order valence-electron chi connectivity index (χ0n) is 15.6. The summed E-state index contributed by atoms with van der Waals surface area (Å²) in [6, 6.07) is 12.9. The fourth-order valence-corrected chi connectivity index (χ4v) is 5.13. The highest BCUT2D eigenvalue weighted by Gasteiger charge is 2.22. The van der Waals surface area contributed by atoms with Gasteiger partial charge in [-0.1, -0.05) is 6.92 Å². The van der Waals surface area contributed by atoms with Gasteiger partial charge in [0, 0.05) is 28.7 Å². The number of benzene rings is 2. The third-order valence-electron chi connectivity index (χ3n) is 4.28. The van der Waals surface area contributed by atoms with E-state index < -0.39 is 15.7 Å². The van der Waals surface area contributed by atoms with Crippen molar-refractivity contribution in [3.63, 3.8) is 0 Å². The first-order valence-corrected chi connectivity index (χ1v) is 11.4. The molecule has 2 amide bonds. The van der Waals surface area contributed by atoms with Crippen molar-refractivity contribution in [1.82, 2.24) is 0 Å². The van der Waals surface area contributed by atoms with E-state index in [1.165, 1.54) is 23.9 Å². The van der Waals surface area contributed by atoms with Gasteiger partial charge < -0.3 is 10.6 Å². The SMILES string of the molecule is CC1CC(=O)Nc2cc(S(=O)(=O)CCC(=O)Nc3ccc(C#N)cc3)ccc2S1. The minimum Gasteiger partial charge on any atom is -0.326 e. The highest BCUT2D eigenvalue weighted by atomic mass is 32.2. The van der Waals surface area contributed by atoms with Crippen molar-refractivity contribution in [2.45, 2.75) is 34.8 Å². The lowest BCUT2D eigenvalue weighted by Gasteiger charge is -2.11. The predicted octanol–water partition coefficient (Wildman–Crippen LogP) is 3.18. The Morgan fingerprint density at radius 1 is 1.28 bits per heavy atom. The monoisotopic (exact) mass is 429 g/mol. The van der Waals surface area contributed by atoms with Crippen LogP contribution in [0.15, 0.2) is 52.3 Å². The van der Waals surface area contributed by atoms with Crippen LogP contribution in [0.25, 0.3) is 0 Å². The molecule has 1 atom stereocenters. The van der Waals surface area contributed by atoms with Crippen LogP contribution in [-0.2, 0) is 19.4 Å². The lowest BCUT2D eigenvalue weighted by molar-refractivity contribution is -0.116. The molecule has 2 N–H and O–H groups in total. The highest BCUT2D eigenvalue weighted by Crippen LogP contribution is 2.36. The van der Waals surface area contributed by atoms with E-state index in [4.69, 9.17) is 5.26 Å². The first kappa shape index (κ1) is 20.9. The topological polar surface area (TPSA) is 116 Å². The van der Waals surface area contributed by atoms with Crippen LogP contribution in [0.1, 0.15) is 25.3 Å². The number of nitriles is 1. The second kappa shape index (κ2) is 8.68. The van der Waals surface area contributed by atoms with Crippen molar-refractivity contribution in [2.24, 2.45) is 0 Å². The summed E-state index contributed by atoms with van der Waals surface area (Å²) in [7, 11) is -3.70. The van der Waals surface area contributed by atoms with Gasteiger partial charge in [-0.05, 0) is 42.5 Å². The molecule has 3 rings (SSSR count). The van der Waals surface area contributed by atoms with Crippen molar-refractivity contribution in [2.75, 3.05) is 16.4 Å². The average molecular weight is 430 g/mol. The molecule has 9 heteroatoms. The summed E-state index contributed by atoms with van der Waals surface area (Å²) in [4.78, 5) is 24.9. The zero-order valence-corrected chi connectivity index (χ0v) is 17.3. The first-order chi connectivity index (χ1) is 13.8. The molecule has 29 heavy (non-hydrogen) atoms. The third kappa shape index (κ3) is 5.37. The quantitative estimate of drug-likeness (QED) is 0.754. The minimum atomic E-state index is -3.70. The summed E-state index contributed by atoms with van der Waals surface area (Å²) in [5.41, 5.74) is 1.44. The molecule has 2 aromatic carbocycles. The van der Waals surface area contributed by atoms with E-state index in [-0.39, 0.29) is 28.2 Å². The smallest absolute Gasteiger partial charge is 0.225 e. The van der Waals surface area contributed by atoms with Gasteiger partial charge in [0.2, 0.25) is 11.8 Å². The number of nitrogens with one attached hydrogen (secondary N) is 2. The van der Waals surface area contributed by atoms with Crippen LogP contribution in [0.4, 0.5) is 11.4 Å². The summed E-state index contributed by atoms with van der Waals surface area (Å²) in [6.07, 6.45) is 0.147. The highest BCUT2D eigenvalue weighted by molar-refractivity contribution is 8.00. The molecule has 0 spiro atoms. The average Bonchev–Trinajstić information content (AvgIpc) is 2.82. The van der Waals surface area contributed by atoms with E-state index in [1.807, 2.05) is 13.0 Å². The van der Waals surface area contributed by atoms with Gasteiger partial charge in [0.25, 0.3) is 0 Å². The molecule has 0 bridgehead atoms. The van der Waals surface area contributed by atoms with Crippen molar-refractivity contribution in [3.05, 3.63) is 48.0 Å². The van der Waals surface area contributed by atoms with Gasteiger partial charge >= 0.3 is 0 Å². The molecular formula is C20H19N3O4S2. The Kier molecular flexibility index (Phi) is 6.25. The first-order valence-electron chi connectivity index (χ1n) is 8.90. The van der Waals surface area contributed by atoms with Crippen molar-refractivity contribution >= 4 is 44.8 Å². The zero-order chi connectivity index (χ0) is 21.0. The molecule has 0 saturated heterocycles. The summed E-state index contributed by atoms with van der Waals surface area (Å²) in [5.74, 6) is -0.948. The maximum absolute atomic E-state index is 12.7. The number of anilines is 2. The van der Waals surface area contributed by atoms with Crippen LogP contribution in [0.3, 0.4) is 0 Å². The number of carbonyl (C=O) groups is 2. The molecule has 150 valence electrons. The molecule has 1 unspecified atom stereocenters. The van der Waals surface area contributed by atoms with Gasteiger partial charge in [-0.25, -0.2) is 8.42 Å². The van der Waals surface area contributed by atoms with Gasteiger partial charge in [0.1, 0.15) is 0 Å². The van der Waals surface area contributed by atoms with Gasteiger partial charge in [0.15, 0.2) is 9.84 Å². The van der Waals surface area contributed by atoms with Gasteiger partial charge in [0.05, 0.1) is 28.0 Å². The number of fused-ring (bicyclic) bond motifs is 1. The van der Waals surface area contributed by atoms with Crippen molar-refractivity contribution in [1.29, 1.82) is 5.26 Å². The maximum atomic E-state index is 12.7. The second-order valence-corrected chi connectivity index (χ2v) is 10.2. The van der Waals surface area contributed by atoms with E-state index in [2.05, 4.69) is 10.6 Å². The lowest BCUT2D eigenvalue weighted by Crippen LogP contribution is -2.18. The standard InChI is InChI=1S/C20H19N3O4S2/c1-13-10-20(25)23-17-11-16(6-7-18(17)28-13)29(26,27)9-8-19(24)22-15-4-2-14(12-21)3-5-15/h2-7,11,13H,8-10H2,1H3,(H,22,24)(H,23,25).